The van der Waals surface area contributed by atoms with Crippen LogP contribution < -0.4 is 0 Å². The number of aliphatic hydroxyl groups excluding tert-OH is 1. The first-order chi connectivity index (χ1) is 5.23. The van der Waals surface area contributed by atoms with E-state index in [1.54, 1.807) is 0 Å². The molecule has 1 aliphatic carbocycles. The first-order valence-corrected chi connectivity index (χ1v) is 4.62. The molecule has 1 spiro atoms. The van der Waals surface area contributed by atoms with Gasteiger partial charge in [-0.25, -0.2) is 0 Å². The van der Waals surface area contributed by atoms with Crippen molar-refractivity contribution in [3.63, 3.8) is 0 Å². The van der Waals surface area contributed by atoms with E-state index in [1.807, 2.05) is 0 Å². The Morgan fingerprint density at radius 3 is 2.64 bits per heavy atom. The lowest BCUT2D eigenvalue weighted by molar-refractivity contribution is -0.0509. The van der Waals surface area contributed by atoms with Crippen molar-refractivity contribution in [2.24, 2.45) is 0 Å². The minimum atomic E-state index is -0.0218. The van der Waals surface area contributed by atoms with E-state index in [0.29, 0.717) is 5.54 Å². The highest BCUT2D eigenvalue weighted by Crippen LogP contribution is 2.43. The van der Waals surface area contributed by atoms with Crippen LogP contribution in [0.15, 0.2) is 0 Å². The van der Waals surface area contributed by atoms with Gasteiger partial charge in [-0.2, -0.15) is 0 Å². The van der Waals surface area contributed by atoms with E-state index < -0.39 is 0 Å². The minimum absolute atomic E-state index is 0.0218. The van der Waals surface area contributed by atoms with E-state index in [1.165, 1.54) is 19.3 Å². The second kappa shape index (κ2) is 2.46. The molecule has 1 saturated heterocycles. The summed E-state index contributed by atoms with van der Waals surface area (Å²) in [6.45, 7) is 1.08. The van der Waals surface area contributed by atoms with Gasteiger partial charge < -0.3 is 10.0 Å². The van der Waals surface area contributed by atoms with Crippen LogP contribution in [0.2, 0.25) is 0 Å². The number of hydrogen-bond acceptors (Lipinski definition) is 2. The maximum absolute atomic E-state index is 9.50. The Hall–Kier alpha value is -0.0800. The van der Waals surface area contributed by atoms with Crippen LogP contribution in [0.5, 0.6) is 0 Å². The average Bonchev–Trinajstić information content (AvgIpc) is 1.91. The molecule has 11 heavy (non-hydrogen) atoms. The van der Waals surface area contributed by atoms with Gasteiger partial charge in [0.15, 0.2) is 0 Å². The lowest BCUT2D eigenvalue weighted by Crippen LogP contribution is -2.57. The van der Waals surface area contributed by atoms with E-state index >= 15 is 0 Å². The molecule has 1 aliphatic heterocycles. The molecular weight excluding hydrogens is 138 g/mol. The summed E-state index contributed by atoms with van der Waals surface area (Å²) in [5.74, 6) is 0. The van der Waals surface area contributed by atoms with Crippen molar-refractivity contribution >= 4 is 0 Å². The third-order valence-electron chi connectivity index (χ3n) is 3.51. The Kier molecular flexibility index (Phi) is 1.69. The van der Waals surface area contributed by atoms with Crippen molar-refractivity contribution in [1.82, 2.24) is 4.90 Å². The predicted octanol–water partition coefficient (Wildman–Crippen LogP) is 0.996. The molecule has 0 aromatic rings. The number of aliphatic hydroxyl groups is 1. The molecule has 0 bridgehead atoms. The molecule has 2 heteroatoms. The molecule has 0 aromatic heterocycles. The normalized spacial score (nSPS) is 37.1. The van der Waals surface area contributed by atoms with Crippen molar-refractivity contribution in [2.45, 2.75) is 43.7 Å². The molecule has 2 fully saturated rings. The van der Waals surface area contributed by atoms with Crippen LogP contribution in [0.25, 0.3) is 0 Å². The van der Waals surface area contributed by atoms with E-state index in [9.17, 15) is 5.11 Å². The highest BCUT2D eigenvalue weighted by molar-refractivity contribution is 5.00. The quantitative estimate of drug-likeness (QED) is 0.564. The standard InChI is InChI=1S/C9H17NO/c1-10-6-3-8(11)7-9(10)4-2-5-9/h8,11H,2-7H2,1H3. The van der Waals surface area contributed by atoms with Crippen molar-refractivity contribution in [3.8, 4) is 0 Å². The van der Waals surface area contributed by atoms with Crippen LogP contribution in [0.1, 0.15) is 32.1 Å². The molecule has 1 atom stereocenters. The third-order valence-corrected chi connectivity index (χ3v) is 3.51. The summed E-state index contributed by atoms with van der Waals surface area (Å²) in [7, 11) is 2.20. The molecule has 2 nitrogen and oxygen atoms in total. The smallest absolute Gasteiger partial charge is 0.0570 e. The van der Waals surface area contributed by atoms with Gasteiger partial charge in [0.2, 0.25) is 0 Å². The maximum Gasteiger partial charge on any atom is 0.0570 e. The van der Waals surface area contributed by atoms with E-state index in [4.69, 9.17) is 0 Å². The molecule has 2 aliphatic rings. The number of hydrogen-bond donors (Lipinski definition) is 1. The monoisotopic (exact) mass is 155 g/mol. The Morgan fingerprint density at radius 1 is 1.45 bits per heavy atom. The predicted molar refractivity (Wildman–Crippen MR) is 44.5 cm³/mol. The van der Waals surface area contributed by atoms with Crippen LogP contribution in [-0.4, -0.2) is 35.2 Å². The molecule has 1 heterocycles. The molecule has 0 aromatic carbocycles. The van der Waals surface area contributed by atoms with Crippen LogP contribution in [-0.2, 0) is 0 Å². The number of rotatable bonds is 0. The second-order valence-corrected chi connectivity index (χ2v) is 4.15. The molecule has 1 N–H and O–H groups in total. The maximum atomic E-state index is 9.50. The molecule has 64 valence electrons. The first-order valence-electron chi connectivity index (χ1n) is 4.62. The number of nitrogens with zero attached hydrogens (tertiary/aromatic N) is 1. The Bertz CT molecular complexity index is 154. The Balaban J connectivity index is 2.04. The van der Waals surface area contributed by atoms with Gasteiger partial charge >= 0.3 is 0 Å². The van der Waals surface area contributed by atoms with Crippen molar-refractivity contribution in [3.05, 3.63) is 0 Å². The third kappa shape index (κ3) is 1.09. The van der Waals surface area contributed by atoms with E-state index in [-0.39, 0.29) is 6.10 Å². The lowest BCUT2D eigenvalue weighted by Gasteiger charge is -2.53. The largest absolute Gasteiger partial charge is 0.393 e. The summed E-state index contributed by atoms with van der Waals surface area (Å²) < 4.78 is 0. The molecule has 0 radical (unpaired) electrons. The van der Waals surface area contributed by atoms with Crippen molar-refractivity contribution in [1.29, 1.82) is 0 Å². The zero-order valence-corrected chi connectivity index (χ0v) is 7.21. The summed E-state index contributed by atoms with van der Waals surface area (Å²) in [4.78, 5) is 2.45. The molecular formula is C9H17NO. The van der Waals surface area contributed by atoms with E-state index in [2.05, 4.69) is 11.9 Å². The fraction of sp³-hybridized carbons (Fsp3) is 1.00. The van der Waals surface area contributed by atoms with Crippen LogP contribution >= 0.6 is 0 Å². The molecule has 2 rings (SSSR count). The summed E-state index contributed by atoms with van der Waals surface area (Å²) in [6.07, 6.45) is 5.94. The lowest BCUT2D eigenvalue weighted by atomic mass is 9.70. The Labute approximate surface area is 68.2 Å². The van der Waals surface area contributed by atoms with Gasteiger partial charge in [0.05, 0.1) is 6.10 Å². The summed E-state index contributed by atoms with van der Waals surface area (Å²) >= 11 is 0. The van der Waals surface area contributed by atoms with E-state index in [0.717, 1.165) is 19.4 Å². The van der Waals surface area contributed by atoms with Gasteiger partial charge in [0, 0.05) is 12.1 Å². The number of piperidine rings is 1. The van der Waals surface area contributed by atoms with Crippen LogP contribution in [0, 0.1) is 0 Å². The van der Waals surface area contributed by atoms with Gasteiger partial charge in [0.25, 0.3) is 0 Å². The average molecular weight is 155 g/mol. The van der Waals surface area contributed by atoms with Crippen LogP contribution in [0.4, 0.5) is 0 Å². The zero-order valence-electron chi connectivity index (χ0n) is 7.21. The van der Waals surface area contributed by atoms with Crippen molar-refractivity contribution < 1.29 is 5.11 Å². The van der Waals surface area contributed by atoms with Gasteiger partial charge in [-0.05, 0) is 39.2 Å². The summed E-state index contributed by atoms with van der Waals surface area (Å²) in [6, 6.07) is 0. The highest BCUT2D eigenvalue weighted by atomic mass is 16.3. The fourth-order valence-electron chi connectivity index (χ4n) is 2.45. The SMILES string of the molecule is CN1CCC(O)CC12CCC2. The molecule has 0 amide bonds. The fourth-order valence-corrected chi connectivity index (χ4v) is 2.45. The van der Waals surface area contributed by atoms with Crippen molar-refractivity contribution in [2.75, 3.05) is 13.6 Å². The van der Waals surface area contributed by atoms with Gasteiger partial charge in [0.1, 0.15) is 0 Å². The van der Waals surface area contributed by atoms with Gasteiger partial charge in [-0.15, -0.1) is 0 Å². The Morgan fingerprint density at radius 2 is 2.18 bits per heavy atom. The first kappa shape index (κ1) is 7.56. The summed E-state index contributed by atoms with van der Waals surface area (Å²) in [5.41, 5.74) is 0.414. The van der Waals surface area contributed by atoms with Gasteiger partial charge in [-0.3, -0.25) is 0 Å². The van der Waals surface area contributed by atoms with Crippen LogP contribution in [0.3, 0.4) is 0 Å². The molecule has 1 saturated carbocycles. The number of likely N-dealkylation sites (tertiary alicyclic amines) is 1. The second-order valence-electron chi connectivity index (χ2n) is 4.15. The molecule has 1 unspecified atom stereocenters. The van der Waals surface area contributed by atoms with Gasteiger partial charge in [-0.1, -0.05) is 0 Å². The zero-order chi connectivity index (χ0) is 7.90. The summed E-state index contributed by atoms with van der Waals surface area (Å²) in [5, 5.41) is 9.50. The minimum Gasteiger partial charge on any atom is -0.393 e. The topological polar surface area (TPSA) is 23.5 Å². The highest BCUT2D eigenvalue weighted by Gasteiger charge is 2.44.